The number of esters is 1. The van der Waals surface area contributed by atoms with Crippen LogP contribution in [-0.4, -0.2) is 29.8 Å². The Balaban J connectivity index is 2.55. The van der Waals surface area contributed by atoms with Gasteiger partial charge in [-0.15, -0.1) is 0 Å². The number of amides is 1. The summed E-state index contributed by atoms with van der Waals surface area (Å²) in [5.41, 5.74) is 8.47. The van der Waals surface area contributed by atoms with E-state index in [1.165, 1.54) is 13.8 Å². The fraction of sp³-hybridized carbons (Fsp3) is 0.471. The van der Waals surface area contributed by atoms with Crippen LogP contribution >= 0.6 is 0 Å². The third-order valence-corrected chi connectivity index (χ3v) is 4.46. The third kappa shape index (κ3) is 3.67. The number of benzene rings is 1. The van der Waals surface area contributed by atoms with Gasteiger partial charge in [0.15, 0.2) is 5.78 Å². The number of hydrogen-bond donors (Lipinski definition) is 1. The van der Waals surface area contributed by atoms with Crippen molar-refractivity contribution in [2.45, 2.75) is 45.6 Å². The van der Waals surface area contributed by atoms with Crippen molar-refractivity contribution < 1.29 is 23.5 Å². The molecule has 138 valence electrons. The molecule has 1 aliphatic carbocycles. The summed E-state index contributed by atoms with van der Waals surface area (Å²) in [5.74, 6) is -2.02. The molecule has 26 heavy (non-hydrogen) atoms. The second-order valence-corrected chi connectivity index (χ2v) is 6.21. The number of nitrogens with one attached hydrogen (secondary N) is 1. The van der Waals surface area contributed by atoms with Crippen molar-refractivity contribution in [3.8, 4) is 0 Å². The molecule has 0 heterocycles. The first-order valence-corrected chi connectivity index (χ1v) is 8.06. The van der Waals surface area contributed by atoms with Gasteiger partial charge in [0.2, 0.25) is 5.91 Å². The average Bonchev–Trinajstić information content (AvgIpc) is 2.54. The summed E-state index contributed by atoms with van der Waals surface area (Å²) < 4.78 is 19.1. The van der Waals surface area contributed by atoms with Crippen LogP contribution in [0.2, 0.25) is 0 Å². The van der Waals surface area contributed by atoms with Gasteiger partial charge in [0.1, 0.15) is 11.4 Å². The molecule has 1 atom stereocenters. The van der Waals surface area contributed by atoms with Crippen LogP contribution in [-0.2, 0) is 20.7 Å². The maximum atomic E-state index is 14.2. The minimum absolute atomic E-state index is 0.00481. The number of azide groups is 1. The zero-order valence-electron chi connectivity index (χ0n) is 14.8. The lowest BCUT2D eigenvalue weighted by molar-refractivity contribution is -0.141. The van der Waals surface area contributed by atoms with Crippen molar-refractivity contribution >= 4 is 23.3 Å². The van der Waals surface area contributed by atoms with Gasteiger partial charge < -0.3 is 10.1 Å². The first-order valence-electron chi connectivity index (χ1n) is 8.06. The average molecular weight is 362 g/mol. The minimum atomic E-state index is -1.45. The highest BCUT2D eigenvalue weighted by Gasteiger charge is 2.44. The number of carbonyl (C=O) groups is 3. The number of anilines is 1. The number of halogens is 1. The summed E-state index contributed by atoms with van der Waals surface area (Å²) in [5, 5.41) is 6.16. The number of ketones is 1. The van der Waals surface area contributed by atoms with E-state index in [2.05, 4.69) is 15.3 Å². The number of nitrogens with zero attached hydrogens (tertiary/aromatic N) is 3. The second-order valence-electron chi connectivity index (χ2n) is 6.21. The summed E-state index contributed by atoms with van der Waals surface area (Å²) in [4.78, 5) is 38.4. The Bertz CT molecular complexity index is 833. The summed E-state index contributed by atoms with van der Waals surface area (Å²) >= 11 is 0. The number of carbonyl (C=O) groups excluding carboxylic acids is 3. The van der Waals surface area contributed by atoms with Gasteiger partial charge in [-0.05, 0) is 42.5 Å². The van der Waals surface area contributed by atoms with Crippen molar-refractivity contribution in [3.63, 3.8) is 0 Å². The zero-order chi connectivity index (χ0) is 19.5. The molecule has 1 aromatic carbocycles. The molecular weight excluding hydrogens is 343 g/mol. The lowest BCUT2D eigenvalue weighted by Crippen LogP contribution is -2.42. The highest BCUT2D eigenvalue weighted by molar-refractivity contribution is 6.11. The topological polar surface area (TPSA) is 121 Å². The van der Waals surface area contributed by atoms with Crippen LogP contribution < -0.4 is 5.32 Å². The molecule has 0 aromatic heterocycles. The van der Waals surface area contributed by atoms with E-state index in [1.807, 2.05) is 0 Å². The molecule has 0 bridgehead atoms. The lowest BCUT2D eigenvalue weighted by Gasteiger charge is -2.34. The molecule has 0 saturated carbocycles. The molecule has 1 aromatic rings. The van der Waals surface area contributed by atoms with Gasteiger partial charge in [-0.1, -0.05) is 5.11 Å². The van der Waals surface area contributed by atoms with E-state index < -0.39 is 29.0 Å². The maximum Gasteiger partial charge on any atom is 0.302 e. The van der Waals surface area contributed by atoms with Crippen LogP contribution in [0.4, 0.5) is 10.1 Å². The Morgan fingerprint density at radius 2 is 2.15 bits per heavy atom. The summed E-state index contributed by atoms with van der Waals surface area (Å²) in [6.45, 7) is 3.95. The predicted molar refractivity (Wildman–Crippen MR) is 91.2 cm³/mol. The van der Waals surface area contributed by atoms with Gasteiger partial charge in [0.25, 0.3) is 0 Å². The van der Waals surface area contributed by atoms with Crippen LogP contribution in [0.15, 0.2) is 11.2 Å². The quantitative estimate of drug-likeness (QED) is 0.374. The highest BCUT2D eigenvalue weighted by Crippen LogP contribution is 2.40. The van der Waals surface area contributed by atoms with Crippen LogP contribution in [0, 0.1) is 12.7 Å². The highest BCUT2D eigenvalue weighted by atomic mass is 19.1. The number of Topliss-reactive ketones (excluding diaryl/α,β-unsaturated/α-hetero) is 1. The van der Waals surface area contributed by atoms with Gasteiger partial charge in [-0.3, -0.25) is 14.4 Å². The molecule has 9 heteroatoms. The molecule has 1 unspecified atom stereocenters. The van der Waals surface area contributed by atoms with E-state index in [0.29, 0.717) is 11.1 Å². The summed E-state index contributed by atoms with van der Waals surface area (Å²) in [6, 6.07) is 1.09. The SMILES string of the molecule is CC(=O)Nc1cc(F)c(C)c2c1C(=O)C(CCOC(C)=O)(N=[N+]=[N-])CC2. The minimum Gasteiger partial charge on any atom is -0.466 e. The molecule has 0 aliphatic heterocycles. The molecule has 0 saturated heterocycles. The molecule has 1 amide bonds. The summed E-state index contributed by atoms with van der Waals surface area (Å²) in [7, 11) is 0. The number of hydrogen-bond acceptors (Lipinski definition) is 5. The first-order chi connectivity index (χ1) is 12.2. The largest absolute Gasteiger partial charge is 0.466 e. The molecule has 1 N–H and O–H groups in total. The normalized spacial score (nSPS) is 18.5. The lowest BCUT2D eigenvalue weighted by atomic mass is 9.73. The predicted octanol–water partition coefficient (Wildman–Crippen LogP) is 3.22. The monoisotopic (exact) mass is 362 g/mol. The Kier molecular flexibility index (Phi) is 5.62. The van der Waals surface area contributed by atoms with E-state index in [4.69, 9.17) is 10.3 Å². The number of rotatable bonds is 5. The first kappa shape index (κ1) is 19.4. The zero-order valence-corrected chi connectivity index (χ0v) is 14.8. The standard InChI is InChI=1S/C17H19FN4O4/c1-9-12-4-5-17(21-22-19,6-7-26-11(3)24)16(25)15(12)14(8-13(9)18)20-10(2)23/h8H,4-7H2,1-3H3,(H,20,23). The smallest absolute Gasteiger partial charge is 0.302 e. The fourth-order valence-corrected chi connectivity index (χ4v) is 3.17. The van der Waals surface area contributed by atoms with Crippen molar-refractivity contribution in [2.24, 2.45) is 5.11 Å². The number of fused-ring (bicyclic) bond motifs is 1. The van der Waals surface area contributed by atoms with E-state index >= 15 is 0 Å². The number of ether oxygens (including phenoxy) is 1. The van der Waals surface area contributed by atoms with E-state index in [-0.39, 0.29) is 37.1 Å². The van der Waals surface area contributed by atoms with Crippen molar-refractivity contribution in [1.29, 1.82) is 0 Å². The van der Waals surface area contributed by atoms with Crippen molar-refractivity contribution in [1.82, 2.24) is 0 Å². The third-order valence-electron chi connectivity index (χ3n) is 4.46. The van der Waals surface area contributed by atoms with E-state index in [9.17, 15) is 18.8 Å². The molecule has 1 aliphatic rings. The van der Waals surface area contributed by atoms with Gasteiger partial charge >= 0.3 is 5.97 Å². The van der Waals surface area contributed by atoms with Crippen LogP contribution in [0.3, 0.4) is 0 Å². The van der Waals surface area contributed by atoms with E-state index in [0.717, 1.165) is 6.07 Å². The molecule has 0 radical (unpaired) electrons. The Hall–Kier alpha value is -2.93. The van der Waals surface area contributed by atoms with Crippen LogP contribution in [0.25, 0.3) is 10.4 Å². The summed E-state index contributed by atoms with van der Waals surface area (Å²) in [6.07, 6.45) is 0.454. The maximum absolute atomic E-state index is 14.2. The molecular formula is C17H19FN4O4. The second kappa shape index (κ2) is 7.53. The molecule has 2 rings (SSSR count). The Labute approximate surface area is 149 Å². The fourth-order valence-electron chi connectivity index (χ4n) is 3.17. The molecule has 0 fully saturated rings. The van der Waals surface area contributed by atoms with Crippen molar-refractivity contribution in [3.05, 3.63) is 39.0 Å². The van der Waals surface area contributed by atoms with Crippen LogP contribution in [0.5, 0.6) is 0 Å². The van der Waals surface area contributed by atoms with Gasteiger partial charge in [0, 0.05) is 30.7 Å². The molecule has 0 spiro atoms. The van der Waals surface area contributed by atoms with E-state index in [1.54, 1.807) is 6.92 Å². The van der Waals surface area contributed by atoms with Crippen LogP contribution in [0.1, 0.15) is 48.2 Å². The van der Waals surface area contributed by atoms with Gasteiger partial charge in [-0.25, -0.2) is 4.39 Å². The van der Waals surface area contributed by atoms with Gasteiger partial charge in [0.05, 0.1) is 12.3 Å². The molecule has 8 nitrogen and oxygen atoms in total. The van der Waals surface area contributed by atoms with Crippen molar-refractivity contribution in [2.75, 3.05) is 11.9 Å². The Morgan fingerprint density at radius 3 is 2.73 bits per heavy atom. The Morgan fingerprint density at radius 1 is 1.46 bits per heavy atom. The van der Waals surface area contributed by atoms with Gasteiger partial charge in [-0.2, -0.15) is 0 Å².